The Bertz CT molecular complexity index is 712. The molecule has 0 saturated carbocycles. The summed E-state index contributed by atoms with van der Waals surface area (Å²) in [6.07, 6.45) is 5.24. The van der Waals surface area contributed by atoms with E-state index >= 15 is 0 Å². The Morgan fingerprint density at radius 1 is 1.38 bits per heavy atom. The third-order valence-corrected chi connectivity index (χ3v) is 4.83. The van der Waals surface area contributed by atoms with Crippen LogP contribution in [0.4, 0.5) is 0 Å². The molecule has 0 unspecified atom stereocenters. The van der Waals surface area contributed by atoms with Gasteiger partial charge in [-0.05, 0) is 43.2 Å². The van der Waals surface area contributed by atoms with E-state index in [2.05, 4.69) is 28.6 Å². The molecule has 1 amide bonds. The van der Waals surface area contributed by atoms with Crippen molar-refractivity contribution in [2.45, 2.75) is 44.3 Å². The molecule has 2 aliphatic heterocycles. The van der Waals surface area contributed by atoms with Crippen molar-refractivity contribution in [1.29, 1.82) is 0 Å². The van der Waals surface area contributed by atoms with Crippen LogP contribution in [-0.4, -0.2) is 29.0 Å². The third kappa shape index (κ3) is 2.20. The molecule has 1 aromatic carbocycles. The van der Waals surface area contributed by atoms with Gasteiger partial charge in [0.1, 0.15) is 5.69 Å². The van der Waals surface area contributed by atoms with E-state index in [-0.39, 0.29) is 11.9 Å². The second-order valence-corrected chi connectivity index (χ2v) is 6.23. The lowest BCUT2D eigenvalue weighted by molar-refractivity contribution is 0.0926. The first-order valence-electron chi connectivity index (χ1n) is 7.63. The van der Waals surface area contributed by atoms with Crippen LogP contribution in [0.1, 0.15) is 35.3 Å². The van der Waals surface area contributed by atoms with Crippen molar-refractivity contribution in [3.05, 3.63) is 41.7 Å². The lowest BCUT2D eigenvalue weighted by Crippen LogP contribution is -2.43. The highest BCUT2D eigenvalue weighted by Crippen LogP contribution is 2.28. The van der Waals surface area contributed by atoms with Gasteiger partial charge in [0.15, 0.2) is 0 Å². The summed E-state index contributed by atoms with van der Waals surface area (Å²) < 4.78 is 0. The Balaban J connectivity index is 1.58. The summed E-state index contributed by atoms with van der Waals surface area (Å²) in [5.41, 5.74) is 1.69. The molecular weight excluding hydrogens is 262 g/mol. The number of carbonyl (C=O) groups excluding carboxylic acids is 1. The van der Waals surface area contributed by atoms with Crippen molar-refractivity contribution in [3.63, 3.8) is 0 Å². The van der Waals surface area contributed by atoms with Crippen LogP contribution in [0.15, 0.2) is 30.5 Å². The minimum atomic E-state index is -0.0560. The van der Waals surface area contributed by atoms with Crippen LogP contribution in [-0.2, 0) is 0 Å². The highest BCUT2D eigenvalue weighted by Gasteiger charge is 2.39. The van der Waals surface area contributed by atoms with Crippen molar-refractivity contribution >= 4 is 16.7 Å². The summed E-state index contributed by atoms with van der Waals surface area (Å²) >= 11 is 0. The standard InChI is InChI=1S/C17H19N3O/c1-10-3-2-4-11-9-18-16(8-13(10)11)17(21)20-15-7-12-5-6-14(15)19-12/h2-4,8-9,12,14-15,19H,5-7H2,1H3,(H,20,21)/t12-,14+,15-/m1/s1. The third-order valence-electron chi connectivity index (χ3n) is 4.83. The number of carbonyl (C=O) groups is 1. The van der Waals surface area contributed by atoms with Crippen molar-refractivity contribution in [1.82, 2.24) is 15.6 Å². The van der Waals surface area contributed by atoms with Crippen molar-refractivity contribution < 1.29 is 4.79 Å². The van der Waals surface area contributed by atoms with Gasteiger partial charge in [0, 0.05) is 29.7 Å². The average Bonchev–Trinajstić information content (AvgIpc) is 3.10. The predicted octanol–water partition coefficient (Wildman–Crippen LogP) is 2.17. The van der Waals surface area contributed by atoms with Crippen molar-refractivity contribution in [2.75, 3.05) is 0 Å². The molecule has 3 heterocycles. The second kappa shape index (κ2) is 4.81. The molecule has 0 spiro atoms. The van der Waals surface area contributed by atoms with E-state index in [0.717, 1.165) is 17.2 Å². The van der Waals surface area contributed by atoms with E-state index in [1.54, 1.807) is 6.20 Å². The zero-order chi connectivity index (χ0) is 14.4. The summed E-state index contributed by atoms with van der Waals surface area (Å²) in [6.45, 7) is 2.06. The van der Waals surface area contributed by atoms with E-state index in [9.17, 15) is 4.79 Å². The maximum atomic E-state index is 12.4. The molecule has 0 aliphatic carbocycles. The fourth-order valence-electron chi connectivity index (χ4n) is 3.68. The highest BCUT2D eigenvalue weighted by molar-refractivity contribution is 5.97. The van der Waals surface area contributed by atoms with E-state index in [1.165, 1.54) is 18.4 Å². The number of aromatic nitrogens is 1. The molecule has 2 fully saturated rings. The number of aryl methyl sites for hydroxylation is 1. The van der Waals surface area contributed by atoms with Crippen molar-refractivity contribution in [3.8, 4) is 0 Å². The molecule has 1 aromatic heterocycles. The Morgan fingerprint density at radius 3 is 3.05 bits per heavy atom. The molecule has 4 nitrogen and oxygen atoms in total. The van der Waals surface area contributed by atoms with Crippen LogP contribution in [0.3, 0.4) is 0 Å². The number of pyridine rings is 1. The number of hydrogen-bond acceptors (Lipinski definition) is 3. The number of amides is 1. The normalized spacial score (nSPS) is 27.2. The van der Waals surface area contributed by atoms with Gasteiger partial charge in [0.2, 0.25) is 0 Å². The molecule has 2 saturated heterocycles. The number of fused-ring (bicyclic) bond motifs is 3. The number of rotatable bonds is 2. The summed E-state index contributed by atoms with van der Waals surface area (Å²) in [5, 5.41) is 8.86. The summed E-state index contributed by atoms with van der Waals surface area (Å²) in [7, 11) is 0. The minimum Gasteiger partial charge on any atom is -0.346 e. The average molecular weight is 281 g/mol. The maximum absolute atomic E-state index is 12.4. The molecule has 2 aliphatic rings. The van der Waals surface area contributed by atoms with Gasteiger partial charge in [0.05, 0.1) is 0 Å². The van der Waals surface area contributed by atoms with Crippen LogP contribution in [0, 0.1) is 6.92 Å². The van der Waals surface area contributed by atoms with Gasteiger partial charge < -0.3 is 10.6 Å². The zero-order valence-corrected chi connectivity index (χ0v) is 12.1. The Morgan fingerprint density at radius 2 is 2.29 bits per heavy atom. The molecule has 4 heteroatoms. The topological polar surface area (TPSA) is 54.0 Å². The Hall–Kier alpha value is -1.94. The first kappa shape index (κ1) is 12.8. The number of nitrogens with one attached hydrogen (secondary N) is 2. The number of hydrogen-bond donors (Lipinski definition) is 2. The molecule has 2 aromatic rings. The smallest absolute Gasteiger partial charge is 0.270 e. The largest absolute Gasteiger partial charge is 0.346 e. The number of nitrogens with zero attached hydrogens (tertiary/aromatic N) is 1. The monoisotopic (exact) mass is 281 g/mol. The molecule has 3 atom stereocenters. The Labute approximate surface area is 124 Å². The molecule has 4 rings (SSSR count). The van der Waals surface area contributed by atoms with Gasteiger partial charge in [-0.25, -0.2) is 0 Å². The highest BCUT2D eigenvalue weighted by atomic mass is 16.2. The van der Waals surface area contributed by atoms with E-state index < -0.39 is 0 Å². The van der Waals surface area contributed by atoms with Gasteiger partial charge in [-0.2, -0.15) is 0 Å². The number of benzene rings is 1. The van der Waals surface area contributed by atoms with E-state index in [4.69, 9.17) is 0 Å². The van der Waals surface area contributed by atoms with Crippen LogP contribution in [0.25, 0.3) is 10.8 Å². The van der Waals surface area contributed by atoms with Gasteiger partial charge in [-0.1, -0.05) is 18.2 Å². The first-order valence-corrected chi connectivity index (χ1v) is 7.63. The van der Waals surface area contributed by atoms with E-state index in [1.807, 2.05) is 18.2 Å². The van der Waals surface area contributed by atoms with Crippen molar-refractivity contribution in [2.24, 2.45) is 0 Å². The molecule has 0 radical (unpaired) electrons. The van der Waals surface area contributed by atoms with Crippen LogP contribution in [0.5, 0.6) is 0 Å². The summed E-state index contributed by atoms with van der Waals surface area (Å²) in [6, 6.07) is 9.29. The summed E-state index contributed by atoms with van der Waals surface area (Å²) in [4.78, 5) is 16.8. The summed E-state index contributed by atoms with van der Waals surface area (Å²) in [5.74, 6) is -0.0560. The van der Waals surface area contributed by atoms with E-state index in [0.29, 0.717) is 17.8 Å². The van der Waals surface area contributed by atoms with Crippen LogP contribution < -0.4 is 10.6 Å². The van der Waals surface area contributed by atoms with Gasteiger partial charge in [-0.15, -0.1) is 0 Å². The quantitative estimate of drug-likeness (QED) is 0.887. The predicted molar refractivity (Wildman–Crippen MR) is 82.3 cm³/mol. The molecule has 2 bridgehead atoms. The fourth-order valence-corrected chi connectivity index (χ4v) is 3.68. The van der Waals surface area contributed by atoms with Crippen LogP contribution >= 0.6 is 0 Å². The van der Waals surface area contributed by atoms with Gasteiger partial charge >= 0.3 is 0 Å². The maximum Gasteiger partial charge on any atom is 0.270 e. The fraction of sp³-hybridized carbons (Fsp3) is 0.412. The zero-order valence-electron chi connectivity index (χ0n) is 12.1. The first-order chi connectivity index (χ1) is 10.2. The lowest BCUT2D eigenvalue weighted by atomic mass is 9.95. The molecule has 108 valence electrons. The van der Waals surface area contributed by atoms with Crippen LogP contribution in [0.2, 0.25) is 0 Å². The minimum absolute atomic E-state index is 0.0560. The second-order valence-electron chi connectivity index (χ2n) is 6.23. The lowest BCUT2D eigenvalue weighted by Gasteiger charge is -2.21. The van der Waals surface area contributed by atoms with Gasteiger partial charge in [-0.3, -0.25) is 9.78 Å². The Kier molecular flexibility index (Phi) is 2.93. The molecule has 21 heavy (non-hydrogen) atoms. The SMILES string of the molecule is Cc1cccc2cnc(C(=O)N[C@@H]3C[C@H]4CC[C@@H]3N4)cc12. The van der Waals surface area contributed by atoms with Gasteiger partial charge in [0.25, 0.3) is 5.91 Å². The molecular formula is C17H19N3O. The molecule has 2 N–H and O–H groups in total.